The number of amides is 1. The fourth-order valence-electron chi connectivity index (χ4n) is 4.24. The number of carbonyl (C=O) groups is 3. The van der Waals surface area contributed by atoms with Crippen LogP contribution in [0.2, 0.25) is 0 Å². The van der Waals surface area contributed by atoms with Crippen molar-refractivity contribution in [1.29, 1.82) is 0 Å². The highest BCUT2D eigenvalue weighted by molar-refractivity contribution is 6.46. The standard InChI is InChI=1S/C24H28FN3O5/c1-13-17(14(2)26-19(13)24(32)33-5)21(29)18-20(15-8-6-9-16(25)12-15)28(23(31)22(18)30)11-7-10-27(3)4/h6,8-9,12,20,26,29H,7,10-11H2,1-5H3/t20-/m1/s1. The first-order valence-corrected chi connectivity index (χ1v) is 10.5. The number of ketones is 1. The van der Waals surface area contributed by atoms with Crippen molar-refractivity contribution in [3.05, 3.63) is 63.7 Å². The number of nitrogens with one attached hydrogen (secondary N) is 1. The van der Waals surface area contributed by atoms with E-state index in [-0.39, 0.29) is 23.4 Å². The van der Waals surface area contributed by atoms with Crippen LogP contribution in [0.5, 0.6) is 0 Å². The zero-order valence-electron chi connectivity index (χ0n) is 19.4. The molecule has 33 heavy (non-hydrogen) atoms. The highest BCUT2D eigenvalue weighted by atomic mass is 19.1. The van der Waals surface area contributed by atoms with E-state index in [1.165, 1.54) is 30.2 Å². The molecule has 176 valence electrons. The third-order valence-corrected chi connectivity index (χ3v) is 5.77. The van der Waals surface area contributed by atoms with Gasteiger partial charge in [0, 0.05) is 17.8 Å². The molecule has 2 aromatic rings. The number of ether oxygens (including phenoxy) is 1. The maximum absolute atomic E-state index is 14.1. The molecule has 9 heteroatoms. The molecule has 0 bridgehead atoms. The van der Waals surface area contributed by atoms with Gasteiger partial charge >= 0.3 is 5.97 Å². The number of aliphatic hydroxyl groups is 1. The Kier molecular flexibility index (Phi) is 7.02. The first kappa shape index (κ1) is 24.2. The van der Waals surface area contributed by atoms with Crippen molar-refractivity contribution in [2.45, 2.75) is 26.3 Å². The summed E-state index contributed by atoms with van der Waals surface area (Å²) in [7, 11) is 5.03. The number of carbonyl (C=O) groups excluding carboxylic acids is 3. The average molecular weight is 458 g/mol. The molecule has 1 atom stereocenters. The SMILES string of the molecule is COC(=O)c1[nH]c(C)c(C(O)=C2C(=O)C(=O)N(CCCN(C)C)[C@@H]2c2cccc(F)c2)c1C. The number of methoxy groups -OCH3 is 1. The first-order chi connectivity index (χ1) is 15.6. The van der Waals surface area contributed by atoms with Crippen molar-refractivity contribution in [2.24, 2.45) is 0 Å². The minimum absolute atomic E-state index is 0.138. The van der Waals surface area contributed by atoms with E-state index in [2.05, 4.69) is 4.98 Å². The molecule has 1 saturated heterocycles. The normalized spacial score (nSPS) is 17.8. The maximum atomic E-state index is 14.1. The molecule has 0 unspecified atom stereocenters. The van der Waals surface area contributed by atoms with Gasteiger partial charge in [-0.2, -0.15) is 0 Å². The predicted molar refractivity (Wildman–Crippen MR) is 120 cm³/mol. The number of halogens is 1. The number of aromatic amines is 1. The van der Waals surface area contributed by atoms with Gasteiger partial charge in [0.25, 0.3) is 11.7 Å². The summed E-state index contributed by atoms with van der Waals surface area (Å²) in [5, 5.41) is 11.3. The van der Waals surface area contributed by atoms with E-state index in [1.54, 1.807) is 19.9 Å². The van der Waals surface area contributed by atoms with E-state index in [1.807, 2.05) is 19.0 Å². The molecule has 0 aliphatic carbocycles. The lowest BCUT2D eigenvalue weighted by atomic mass is 9.94. The second-order valence-electron chi connectivity index (χ2n) is 8.32. The molecule has 1 aliphatic rings. The van der Waals surface area contributed by atoms with Gasteiger partial charge in [0.2, 0.25) is 0 Å². The fourth-order valence-corrected chi connectivity index (χ4v) is 4.24. The van der Waals surface area contributed by atoms with Gasteiger partial charge in [0.05, 0.1) is 18.7 Å². The number of esters is 1. The lowest BCUT2D eigenvalue weighted by Crippen LogP contribution is -2.32. The van der Waals surface area contributed by atoms with Gasteiger partial charge in [0.15, 0.2) is 0 Å². The Morgan fingerprint density at radius 1 is 1.27 bits per heavy atom. The molecular weight excluding hydrogens is 429 g/mol. The summed E-state index contributed by atoms with van der Waals surface area (Å²) in [6.07, 6.45) is 0.584. The van der Waals surface area contributed by atoms with Gasteiger partial charge in [-0.25, -0.2) is 9.18 Å². The Hall–Kier alpha value is -3.46. The third kappa shape index (κ3) is 4.54. The molecule has 1 aromatic carbocycles. The van der Waals surface area contributed by atoms with Gasteiger partial charge in [-0.05, 0) is 64.2 Å². The fraction of sp³-hybridized carbons (Fsp3) is 0.375. The van der Waals surface area contributed by atoms with Crippen LogP contribution < -0.4 is 0 Å². The van der Waals surface area contributed by atoms with Crippen molar-refractivity contribution < 1.29 is 28.6 Å². The number of aryl methyl sites for hydroxylation is 1. The molecule has 8 nitrogen and oxygen atoms in total. The number of likely N-dealkylation sites (tertiary alicyclic amines) is 1. The van der Waals surface area contributed by atoms with Gasteiger partial charge in [-0.15, -0.1) is 0 Å². The van der Waals surface area contributed by atoms with Crippen molar-refractivity contribution >= 4 is 23.4 Å². The summed E-state index contributed by atoms with van der Waals surface area (Å²) in [6.45, 7) is 4.17. The summed E-state index contributed by atoms with van der Waals surface area (Å²) in [4.78, 5) is 44.3. The van der Waals surface area contributed by atoms with E-state index < -0.39 is 35.3 Å². The average Bonchev–Trinajstić information content (AvgIpc) is 3.20. The monoisotopic (exact) mass is 457 g/mol. The van der Waals surface area contributed by atoms with Crippen LogP contribution in [0.4, 0.5) is 4.39 Å². The maximum Gasteiger partial charge on any atom is 0.354 e. The van der Waals surface area contributed by atoms with Gasteiger partial charge in [-0.1, -0.05) is 12.1 Å². The second-order valence-corrected chi connectivity index (χ2v) is 8.32. The number of benzene rings is 1. The van der Waals surface area contributed by atoms with Crippen LogP contribution in [0.15, 0.2) is 29.8 Å². The van der Waals surface area contributed by atoms with Crippen molar-refractivity contribution in [2.75, 3.05) is 34.3 Å². The van der Waals surface area contributed by atoms with Crippen LogP contribution in [0, 0.1) is 19.7 Å². The summed E-state index contributed by atoms with van der Waals surface area (Å²) in [6, 6.07) is 4.66. The zero-order valence-corrected chi connectivity index (χ0v) is 19.4. The number of H-pyrrole nitrogens is 1. The van der Waals surface area contributed by atoms with Crippen LogP contribution in [0.25, 0.3) is 5.76 Å². The zero-order chi connectivity index (χ0) is 24.4. The number of Topliss-reactive ketones (excluding diaryl/α,β-unsaturated/α-hetero) is 1. The Morgan fingerprint density at radius 3 is 2.58 bits per heavy atom. The topological polar surface area (TPSA) is 103 Å². The highest BCUT2D eigenvalue weighted by Crippen LogP contribution is 2.41. The molecule has 1 aliphatic heterocycles. The molecule has 2 N–H and O–H groups in total. The molecule has 1 amide bonds. The van der Waals surface area contributed by atoms with E-state index in [0.717, 1.165) is 0 Å². The van der Waals surface area contributed by atoms with Crippen LogP contribution in [0.1, 0.15) is 45.3 Å². The first-order valence-electron chi connectivity index (χ1n) is 10.5. The lowest BCUT2D eigenvalue weighted by molar-refractivity contribution is -0.139. The molecule has 1 fully saturated rings. The third-order valence-electron chi connectivity index (χ3n) is 5.77. The Balaban J connectivity index is 2.18. The number of hydrogen-bond acceptors (Lipinski definition) is 6. The number of hydrogen-bond donors (Lipinski definition) is 2. The number of rotatable bonds is 7. The molecular formula is C24H28FN3O5. The summed E-state index contributed by atoms with van der Waals surface area (Å²) in [5.74, 6) is -3.18. The van der Waals surface area contributed by atoms with Crippen molar-refractivity contribution in [3.8, 4) is 0 Å². The minimum atomic E-state index is -0.960. The molecule has 3 rings (SSSR count). The summed E-state index contributed by atoms with van der Waals surface area (Å²) < 4.78 is 18.9. The summed E-state index contributed by atoms with van der Waals surface area (Å²) >= 11 is 0. The van der Waals surface area contributed by atoms with Crippen LogP contribution in [-0.2, 0) is 14.3 Å². The molecule has 1 aromatic heterocycles. The molecule has 0 radical (unpaired) electrons. The molecule has 2 heterocycles. The van der Waals surface area contributed by atoms with Crippen LogP contribution >= 0.6 is 0 Å². The van der Waals surface area contributed by atoms with Gasteiger partial charge in [-0.3, -0.25) is 9.59 Å². The van der Waals surface area contributed by atoms with Gasteiger partial charge in [0.1, 0.15) is 17.3 Å². The smallest absolute Gasteiger partial charge is 0.354 e. The van der Waals surface area contributed by atoms with Gasteiger partial charge < -0.3 is 24.6 Å². The lowest BCUT2D eigenvalue weighted by Gasteiger charge is -2.26. The summed E-state index contributed by atoms with van der Waals surface area (Å²) in [5.41, 5.74) is 1.43. The largest absolute Gasteiger partial charge is 0.507 e. The van der Waals surface area contributed by atoms with Crippen LogP contribution in [0.3, 0.4) is 0 Å². The number of nitrogens with zero attached hydrogens (tertiary/aromatic N) is 2. The Morgan fingerprint density at radius 2 is 1.97 bits per heavy atom. The Bertz CT molecular complexity index is 1140. The quantitative estimate of drug-likeness (QED) is 0.287. The highest BCUT2D eigenvalue weighted by Gasteiger charge is 2.46. The second kappa shape index (κ2) is 9.58. The van der Waals surface area contributed by atoms with E-state index in [4.69, 9.17) is 4.74 Å². The van der Waals surface area contributed by atoms with Crippen LogP contribution in [-0.4, -0.2) is 71.8 Å². The minimum Gasteiger partial charge on any atom is -0.507 e. The number of aliphatic hydroxyl groups excluding tert-OH is 1. The predicted octanol–water partition coefficient (Wildman–Crippen LogP) is 2.93. The molecule has 0 spiro atoms. The van der Waals surface area contributed by atoms with E-state index in [9.17, 15) is 23.9 Å². The Labute approximate surface area is 191 Å². The number of aromatic nitrogens is 1. The van der Waals surface area contributed by atoms with E-state index in [0.29, 0.717) is 29.8 Å². The van der Waals surface area contributed by atoms with Crippen molar-refractivity contribution in [1.82, 2.24) is 14.8 Å². The van der Waals surface area contributed by atoms with E-state index >= 15 is 0 Å². The molecule has 0 saturated carbocycles. The van der Waals surface area contributed by atoms with Crippen molar-refractivity contribution in [3.63, 3.8) is 0 Å².